The van der Waals surface area contributed by atoms with Crippen molar-refractivity contribution in [2.45, 2.75) is 20.4 Å². The third kappa shape index (κ3) is 3.37. The van der Waals surface area contributed by atoms with Crippen LogP contribution in [-0.2, 0) is 11.3 Å². The molecule has 0 saturated carbocycles. The van der Waals surface area contributed by atoms with Crippen LogP contribution in [0.2, 0.25) is 0 Å². The number of benzene rings is 2. The number of halogens is 1. The van der Waals surface area contributed by atoms with Gasteiger partial charge in [0.1, 0.15) is 12.3 Å². The molecule has 0 unspecified atom stereocenters. The maximum absolute atomic E-state index is 12.6. The van der Waals surface area contributed by atoms with Gasteiger partial charge in [0, 0.05) is 11.1 Å². The van der Waals surface area contributed by atoms with Crippen molar-refractivity contribution in [3.8, 4) is 5.75 Å². The number of pyridine rings is 1. The Hall–Kier alpha value is -2.60. The van der Waals surface area contributed by atoms with Crippen molar-refractivity contribution >= 4 is 38.4 Å². The normalized spacial score (nSPS) is 10.8. The fraction of sp³-hybridized carbons (Fsp3) is 0.200. The number of hydrogen-bond donors (Lipinski definition) is 1. The number of hydrogen-bond acceptors (Lipinski definition) is 3. The molecule has 2 aromatic carbocycles. The van der Waals surface area contributed by atoms with Crippen LogP contribution in [-0.4, -0.2) is 17.6 Å². The second-order valence-corrected chi connectivity index (χ2v) is 6.88. The number of aromatic nitrogens is 1. The highest BCUT2D eigenvalue weighted by Gasteiger charge is 2.15. The average Bonchev–Trinajstić information content (AvgIpc) is 2.64. The van der Waals surface area contributed by atoms with Crippen LogP contribution in [0.25, 0.3) is 10.9 Å². The van der Waals surface area contributed by atoms with Gasteiger partial charge < -0.3 is 14.6 Å². The van der Waals surface area contributed by atoms with Crippen molar-refractivity contribution in [3.05, 3.63) is 68.4 Å². The first-order valence-corrected chi connectivity index (χ1v) is 8.93. The van der Waals surface area contributed by atoms with E-state index in [4.69, 9.17) is 4.74 Å². The van der Waals surface area contributed by atoms with Gasteiger partial charge in [-0.3, -0.25) is 9.59 Å². The number of carbonyl (C=O) groups excluding carboxylic acids is 1. The molecule has 0 fully saturated rings. The lowest BCUT2D eigenvalue weighted by atomic mass is 10.1. The van der Waals surface area contributed by atoms with Gasteiger partial charge in [0.15, 0.2) is 0 Å². The van der Waals surface area contributed by atoms with E-state index in [-0.39, 0.29) is 17.9 Å². The number of fused-ring (bicyclic) bond motifs is 1. The quantitative estimate of drug-likeness (QED) is 0.700. The molecule has 1 amide bonds. The molecule has 5 nitrogen and oxygen atoms in total. The molecule has 0 bridgehead atoms. The van der Waals surface area contributed by atoms with Crippen LogP contribution in [0.1, 0.15) is 11.3 Å². The summed E-state index contributed by atoms with van der Waals surface area (Å²) in [4.78, 5) is 25.2. The summed E-state index contributed by atoms with van der Waals surface area (Å²) >= 11 is 3.37. The lowest BCUT2D eigenvalue weighted by Gasteiger charge is -2.17. The minimum Gasteiger partial charge on any atom is -0.495 e. The minimum atomic E-state index is -0.199. The van der Waals surface area contributed by atoms with Gasteiger partial charge in [-0.25, -0.2) is 0 Å². The average molecular weight is 415 g/mol. The molecular formula is C20H19BrN2O3. The monoisotopic (exact) mass is 414 g/mol. The molecule has 0 spiro atoms. The maximum Gasteiger partial charge on any atom is 0.244 e. The largest absolute Gasteiger partial charge is 0.495 e. The molecule has 1 N–H and O–H groups in total. The zero-order valence-electron chi connectivity index (χ0n) is 14.8. The van der Waals surface area contributed by atoms with Crippen molar-refractivity contribution in [2.24, 2.45) is 0 Å². The third-order valence-corrected chi connectivity index (χ3v) is 5.23. The van der Waals surface area contributed by atoms with Gasteiger partial charge in [-0.1, -0.05) is 23.8 Å². The summed E-state index contributed by atoms with van der Waals surface area (Å²) in [6.45, 7) is 3.84. The number of anilines is 1. The third-order valence-electron chi connectivity index (χ3n) is 4.29. The summed E-state index contributed by atoms with van der Waals surface area (Å²) in [5.74, 6) is 0.397. The summed E-state index contributed by atoms with van der Waals surface area (Å²) in [6.07, 6.45) is 0. The second-order valence-electron chi connectivity index (χ2n) is 6.08. The van der Waals surface area contributed by atoms with Crippen molar-refractivity contribution in [2.75, 3.05) is 12.4 Å². The molecule has 6 heteroatoms. The summed E-state index contributed by atoms with van der Waals surface area (Å²) in [5.41, 5.74) is 2.98. The van der Waals surface area contributed by atoms with E-state index in [9.17, 15) is 9.59 Å². The molecule has 0 aliphatic rings. The highest BCUT2D eigenvalue weighted by Crippen LogP contribution is 2.24. The summed E-state index contributed by atoms with van der Waals surface area (Å²) < 4.78 is 7.58. The van der Waals surface area contributed by atoms with E-state index in [1.165, 1.54) is 0 Å². The number of amides is 1. The molecule has 3 rings (SSSR count). The van der Waals surface area contributed by atoms with Crippen LogP contribution in [0.5, 0.6) is 5.75 Å². The van der Waals surface area contributed by atoms with Crippen LogP contribution < -0.4 is 15.5 Å². The van der Waals surface area contributed by atoms with Gasteiger partial charge in [0.25, 0.3) is 0 Å². The smallest absolute Gasteiger partial charge is 0.244 e. The zero-order chi connectivity index (χ0) is 18.8. The minimum absolute atomic E-state index is 0.0670. The van der Waals surface area contributed by atoms with Crippen LogP contribution in [0.3, 0.4) is 0 Å². The number of nitrogens with zero attached hydrogens (tertiary/aromatic N) is 1. The highest BCUT2D eigenvalue weighted by molar-refractivity contribution is 9.10. The van der Waals surface area contributed by atoms with Gasteiger partial charge >= 0.3 is 0 Å². The fourth-order valence-electron chi connectivity index (χ4n) is 2.93. The lowest BCUT2D eigenvalue weighted by molar-refractivity contribution is -0.116. The van der Waals surface area contributed by atoms with Crippen LogP contribution in [0.15, 0.2) is 51.7 Å². The van der Waals surface area contributed by atoms with Gasteiger partial charge in [0.2, 0.25) is 11.3 Å². The molecule has 1 aromatic heterocycles. The molecule has 3 aromatic rings. The van der Waals surface area contributed by atoms with Gasteiger partial charge in [-0.2, -0.15) is 0 Å². The molecule has 0 saturated heterocycles. The van der Waals surface area contributed by atoms with E-state index >= 15 is 0 Å². The SMILES string of the molecule is COc1ccccc1NC(=O)Cn1c(C)c(Br)c(=O)c2cc(C)ccc21. The summed E-state index contributed by atoms with van der Waals surface area (Å²) in [6, 6.07) is 12.9. The number of nitrogens with one attached hydrogen (secondary N) is 1. The van der Waals surface area contributed by atoms with E-state index in [0.29, 0.717) is 27.0 Å². The van der Waals surface area contributed by atoms with E-state index < -0.39 is 0 Å². The standard InChI is InChI=1S/C20H19BrN2O3/c1-12-8-9-16-14(10-12)20(25)19(21)13(2)23(16)11-18(24)22-15-6-4-5-7-17(15)26-3/h4-10H,11H2,1-3H3,(H,22,24). The zero-order valence-corrected chi connectivity index (χ0v) is 16.4. The molecule has 26 heavy (non-hydrogen) atoms. The Kier molecular flexibility index (Phi) is 5.13. The maximum atomic E-state index is 12.6. The van der Waals surface area contributed by atoms with Crippen molar-refractivity contribution < 1.29 is 9.53 Å². The first-order valence-electron chi connectivity index (χ1n) is 8.14. The van der Waals surface area contributed by atoms with Crippen LogP contribution in [0.4, 0.5) is 5.69 Å². The number of ether oxygens (including phenoxy) is 1. The summed E-state index contributed by atoms with van der Waals surface area (Å²) in [5, 5.41) is 3.46. The molecule has 134 valence electrons. The molecule has 0 aliphatic carbocycles. The van der Waals surface area contributed by atoms with Gasteiger partial charge in [0.05, 0.1) is 22.8 Å². The molecule has 0 radical (unpaired) electrons. The fourth-order valence-corrected chi connectivity index (χ4v) is 3.36. The van der Waals surface area contributed by atoms with Crippen LogP contribution in [0, 0.1) is 13.8 Å². The predicted octanol–water partition coefficient (Wildman–Crippen LogP) is 4.03. The number of methoxy groups -OCH3 is 1. The lowest BCUT2D eigenvalue weighted by Crippen LogP contribution is -2.23. The number of aryl methyl sites for hydroxylation is 1. The van der Waals surface area contributed by atoms with E-state index in [0.717, 1.165) is 11.1 Å². The number of para-hydroxylation sites is 2. The molecule has 1 heterocycles. The van der Waals surface area contributed by atoms with E-state index in [1.807, 2.05) is 48.7 Å². The van der Waals surface area contributed by atoms with E-state index in [2.05, 4.69) is 21.2 Å². The second kappa shape index (κ2) is 7.33. The van der Waals surface area contributed by atoms with E-state index in [1.54, 1.807) is 19.2 Å². The Bertz CT molecular complexity index is 1060. The Balaban J connectivity index is 2.01. The number of carbonyl (C=O) groups is 1. The van der Waals surface area contributed by atoms with Crippen molar-refractivity contribution in [1.82, 2.24) is 4.57 Å². The Labute approximate surface area is 159 Å². The van der Waals surface area contributed by atoms with Crippen LogP contribution >= 0.6 is 15.9 Å². The van der Waals surface area contributed by atoms with Crippen molar-refractivity contribution in [1.29, 1.82) is 0 Å². The number of rotatable bonds is 4. The first kappa shape index (κ1) is 18.2. The molecule has 0 aliphatic heterocycles. The molecular weight excluding hydrogens is 396 g/mol. The Morgan fingerprint density at radius 1 is 1.19 bits per heavy atom. The molecule has 0 atom stereocenters. The predicted molar refractivity (Wildman–Crippen MR) is 107 cm³/mol. The summed E-state index contributed by atoms with van der Waals surface area (Å²) in [7, 11) is 1.56. The highest BCUT2D eigenvalue weighted by atomic mass is 79.9. The Morgan fingerprint density at radius 2 is 1.92 bits per heavy atom. The van der Waals surface area contributed by atoms with Crippen molar-refractivity contribution in [3.63, 3.8) is 0 Å². The van der Waals surface area contributed by atoms with Gasteiger partial charge in [-0.05, 0) is 54.0 Å². The first-order chi connectivity index (χ1) is 12.4. The Morgan fingerprint density at radius 3 is 2.65 bits per heavy atom. The van der Waals surface area contributed by atoms with Gasteiger partial charge in [-0.15, -0.1) is 0 Å². The topological polar surface area (TPSA) is 60.3 Å².